The van der Waals surface area contributed by atoms with Crippen LogP contribution in [-0.2, 0) is 20.5 Å². The molecule has 1 amide bonds. The molecule has 1 aliphatic heterocycles. The summed E-state index contributed by atoms with van der Waals surface area (Å²) < 4.78 is 39.0. The van der Waals surface area contributed by atoms with Crippen molar-refractivity contribution in [3.8, 4) is 5.75 Å². The Kier molecular flexibility index (Phi) is 9.03. The van der Waals surface area contributed by atoms with E-state index in [4.69, 9.17) is 9.47 Å². The number of methoxy groups -OCH3 is 2. The van der Waals surface area contributed by atoms with E-state index in [0.717, 1.165) is 24.8 Å². The van der Waals surface area contributed by atoms with Gasteiger partial charge < -0.3 is 9.47 Å². The quantitative estimate of drug-likeness (QED) is 0.223. The van der Waals surface area contributed by atoms with E-state index in [2.05, 4.69) is 15.5 Å². The summed E-state index contributed by atoms with van der Waals surface area (Å²) in [5.74, 6) is -0.106. The van der Waals surface area contributed by atoms with Gasteiger partial charge >= 0.3 is 5.97 Å². The van der Waals surface area contributed by atoms with Gasteiger partial charge in [0.25, 0.3) is 5.91 Å². The first kappa shape index (κ1) is 28.0. The molecule has 38 heavy (non-hydrogen) atoms. The van der Waals surface area contributed by atoms with E-state index in [1.54, 1.807) is 12.1 Å². The number of hydrogen-bond donors (Lipinski definition) is 1. The number of benzene rings is 2. The third-order valence-corrected chi connectivity index (χ3v) is 10.2. The molecule has 1 atom stereocenters. The van der Waals surface area contributed by atoms with Crippen LogP contribution in [0.5, 0.6) is 5.75 Å². The number of anilines is 1. The number of ether oxygens (including phenoxy) is 2. The molecule has 0 spiro atoms. The molecule has 2 heterocycles. The van der Waals surface area contributed by atoms with Gasteiger partial charge in [0.2, 0.25) is 15.2 Å². The van der Waals surface area contributed by atoms with E-state index in [-0.39, 0.29) is 22.3 Å². The number of thioether (sulfide) groups is 1. The van der Waals surface area contributed by atoms with Crippen molar-refractivity contribution >= 4 is 50.1 Å². The fourth-order valence-corrected chi connectivity index (χ4v) is 7.65. The molecule has 0 aliphatic carbocycles. The maximum absolute atomic E-state index is 13.4. The highest BCUT2D eigenvalue weighted by Gasteiger charge is 2.33. The Hall–Kier alpha value is -3.00. The minimum Gasteiger partial charge on any atom is -0.495 e. The van der Waals surface area contributed by atoms with Crippen LogP contribution in [-0.4, -0.2) is 61.6 Å². The molecule has 3 aromatic rings. The van der Waals surface area contributed by atoms with Gasteiger partial charge in [0, 0.05) is 23.9 Å². The van der Waals surface area contributed by atoms with Gasteiger partial charge in [-0.05, 0) is 55.7 Å². The van der Waals surface area contributed by atoms with Crippen molar-refractivity contribution in [2.24, 2.45) is 0 Å². The van der Waals surface area contributed by atoms with Crippen LogP contribution in [0.15, 0.2) is 51.7 Å². The zero-order valence-corrected chi connectivity index (χ0v) is 23.6. The minimum atomic E-state index is -3.85. The second-order valence-corrected chi connectivity index (χ2v) is 12.7. The summed E-state index contributed by atoms with van der Waals surface area (Å²) >= 11 is 2.65. The second kappa shape index (κ2) is 12.2. The highest BCUT2D eigenvalue weighted by molar-refractivity contribution is 8.00. The lowest BCUT2D eigenvalue weighted by molar-refractivity contribution is 0.0600. The zero-order chi connectivity index (χ0) is 27.3. The summed E-state index contributed by atoms with van der Waals surface area (Å²) in [5, 5.41) is 11.1. The smallest absolute Gasteiger partial charge is 0.337 e. The fourth-order valence-electron chi connectivity index (χ4n) is 4.06. The van der Waals surface area contributed by atoms with E-state index in [0.29, 0.717) is 27.3 Å². The SMILES string of the molecule is COC(=O)c1ccc(CSc2nnc(NC(=O)c3ccc(OC)c(S(=O)(=O)N4CCCC[C@H]4C)c3)s2)cc1. The van der Waals surface area contributed by atoms with Crippen LogP contribution < -0.4 is 10.1 Å². The van der Waals surface area contributed by atoms with Crippen molar-refractivity contribution in [3.05, 3.63) is 59.2 Å². The van der Waals surface area contributed by atoms with Crippen molar-refractivity contribution in [1.82, 2.24) is 14.5 Å². The Balaban J connectivity index is 1.43. The van der Waals surface area contributed by atoms with E-state index < -0.39 is 21.9 Å². The minimum absolute atomic E-state index is 0.0341. The number of carbonyl (C=O) groups excluding carboxylic acids is 2. The summed E-state index contributed by atoms with van der Waals surface area (Å²) in [4.78, 5) is 24.5. The van der Waals surface area contributed by atoms with E-state index in [9.17, 15) is 18.0 Å². The summed E-state index contributed by atoms with van der Waals surface area (Å²) in [6, 6.07) is 11.3. The number of amides is 1. The highest BCUT2D eigenvalue weighted by atomic mass is 32.2. The molecule has 13 heteroatoms. The van der Waals surface area contributed by atoms with E-state index in [1.807, 2.05) is 19.1 Å². The van der Waals surface area contributed by atoms with Crippen molar-refractivity contribution in [2.75, 3.05) is 26.1 Å². The Labute approximate surface area is 229 Å². The molecule has 2 aromatic carbocycles. The Morgan fingerprint density at radius 2 is 1.84 bits per heavy atom. The second-order valence-electron chi connectivity index (χ2n) is 8.63. The maximum atomic E-state index is 13.4. The molecule has 1 aliphatic rings. The molecule has 1 saturated heterocycles. The van der Waals surface area contributed by atoms with Crippen LogP contribution in [0.2, 0.25) is 0 Å². The normalized spacial score (nSPS) is 16.1. The number of carbonyl (C=O) groups is 2. The van der Waals surface area contributed by atoms with Crippen LogP contribution in [0, 0.1) is 0 Å². The monoisotopic (exact) mass is 576 g/mol. The molecule has 10 nitrogen and oxygen atoms in total. The molecule has 0 radical (unpaired) electrons. The topological polar surface area (TPSA) is 128 Å². The summed E-state index contributed by atoms with van der Waals surface area (Å²) in [7, 11) is -1.11. The van der Waals surface area contributed by atoms with Gasteiger partial charge in [-0.2, -0.15) is 4.31 Å². The number of piperidine rings is 1. The first-order valence-corrected chi connectivity index (χ1v) is 15.1. The number of nitrogens with one attached hydrogen (secondary N) is 1. The van der Waals surface area contributed by atoms with Crippen LogP contribution in [0.4, 0.5) is 5.13 Å². The van der Waals surface area contributed by atoms with Crippen molar-refractivity contribution in [3.63, 3.8) is 0 Å². The lowest BCUT2D eigenvalue weighted by Crippen LogP contribution is -2.42. The predicted molar refractivity (Wildman–Crippen MR) is 145 cm³/mol. The lowest BCUT2D eigenvalue weighted by atomic mass is 10.1. The molecule has 202 valence electrons. The number of rotatable bonds is 9. The van der Waals surface area contributed by atoms with Crippen molar-refractivity contribution in [1.29, 1.82) is 0 Å². The van der Waals surface area contributed by atoms with Crippen LogP contribution in [0.25, 0.3) is 0 Å². The standard InChI is InChI=1S/C25H28N4O6S3/c1-16-6-4-5-13-29(16)38(32,33)21-14-19(11-12-20(21)34-2)22(30)26-24-27-28-25(37-24)36-15-17-7-9-18(10-8-17)23(31)35-3/h7-12,14,16H,4-6,13,15H2,1-3H3,(H,26,27,30)/t16-/m1/s1. The van der Waals surface area contributed by atoms with Gasteiger partial charge in [0.1, 0.15) is 10.6 Å². The number of aromatic nitrogens is 2. The first-order chi connectivity index (χ1) is 18.2. The van der Waals surface area contributed by atoms with E-state index >= 15 is 0 Å². The number of sulfonamides is 1. The zero-order valence-electron chi connectivity index (χ0n) is 21.2. The van der Waals surface area contributed by atoms with Gasteiger partial charge in [0.05, 0.1) is 19.8 Å². The third-order valence-electron chi connectivity index (χ3n) is 6.12. The number of nitrogens with zero attached hydrogens (tertiary/aromatic N) is 3. The average Bonchev–Trinajstić information content (AvgIpc) is 3.38. The summed E-state index contributed by atoms with van der Waals surface area (Å²) in [5.41, 5.74) is 1.63. The van der Waals surface area contributed by atoms with Crippen LogP contribution in [0.3, 0.4) is 0 Å². The molecular formula is C25H28N4O6S3. The Morgan fingerprint density at radius 1 is 1.11 bits per heavy atom. The predicted octanol–water partition coefficient (Wildman–Crippen LogP) is 4.44. The summed E-state index contributed by atoms with van der Waals surface area (Å²) in [6.45, 7) is 2.33. The van der Waals surface area contributed by atoms with Gasteiger partial charge in [0.15, 0.2) is 4.34 Å². The first-order valence-electron chi connectivity index (χ1n) is 11.9. The molecule has 0 bridgehead atoms. The third kappa shape index (κ3) is 6.34. The van der Waals surface area contributed by atoms with Crippen LogP contribution in [0.1, 0.15) is 52.5 Å². The van der Waals surface area contributed by atoms with Crippen molar-refractivity contribution in [2.45, 2.75) is 47.2 Å². The molecule has 1 N–H and O–H groups in total. The Morgan fingerprint density at radius 3 is 2.53 bits per heavy atom. The Bertz CT molecular complexity index is 1410. The van der Waals surface area contributed by atoms with Crippen molar-refractivity contribution < 1.29 is 27.5 Å². The van der Waals surface area contributed by atoms with Gasteiger partial charge in [-0.3, -0.25) is 10.1 Å². The fraction of sp³-hybridized carbons (Fsp3) is 0.360. The molecule has 1 fully saturated rings. The van der Waals surface area contributed by atoms with Gasteiger partial charge in [-0.25, -0.2) is 13.2 Å². The van der Waals surface area contributed by atoms with Gasteiger partial charge in [-0.1, -0.05) is 41.7 Å². The van der Waals surface area contributed by atoms with Crippen LogP contribution >= 0.6 is 23.1 Å². The number of hydrogen-bond acceptors (Lipinski definition) is 10. The molecule has 0 unspecified atom stereocenters. The highest BCUT2D eigenvalue weighted by Crippen LogP contribution is 2.33. The molecule has 1 aromatic heterocycles. The lowest BCUT2D eigenvalue weighted by Gasteiger charge is -2.32. The summed E-state index contributed by atoms with van der Waals surface area (Å²) in [6.07, 6.45) is 2.57. The molecule has 4 rings (SSSR count). The molecule has 0 saturated carbocycles. The largest absolute Gasteiger partial charge is 0.495 e. The van der Waals surface area contributed by atoms with E-state index in [1.165, 1.54) is 59.8 Å². The maximum Gasteiger partial charge on any atom is 0.337 e. The number of esters is 1. The average molecular weight is 577 g/mol. The van der Waals surface area contributed by atoms with Gasteiger partial charge in [-0.15, -0.1) is 10.2 Å². The molecular weight excluding hydrogens is 548 g/mol.